The van der Waals surface area contributed by atoms with Crippen LogP contribution in [0.4, 0.5) is 0 Å². The van der Waals surface area contributed by atoms with Gasteiger partial charge < -0.3 is 20.3 Å². The van der Waals surface area contributed by atoms with E-state index >= 15 is 0 Å². The topological polar surface area (TPSA) is 95.9 Å². The fourth-order valence-electron chi connectivity index (χ4n) is 7.79. The molecule has 0 saturated carbocycles. The van der Waals surface area contributed by atoms with Crippen molar-refractivity contribution in [3.8, 4) is 0 Å². The predicted molar refractivity (Wildman–Crippen MR) is 250 cm³/mol. The van der Waals surface area contributed by atoms with Gasteiger partial charge in [-0.1, -0.05) is 231 Å². The van der Waals surface area contributed by atoms with Crippen LogP contribution >= 0.6 is 0 Å². The molecule has 0 aliphatic heterocycles. The molecule has 0 rings (SSSR count). The lowest BCUT2D eigenvalue weighted by Crippen LogP contribution is -2.45. The van der Waals surface area contributed by atoms with Crippen molar-refractivity contribution in [1.82, 2.24) is 5.32 Å². The summed E-state index contributed by atoms with van der Waals surface area (Å²) < 4.78 is 5.44. The van der Waals surface area contributed by atoms with Gasteiger partial charge in [0, 0.05) is 12.8 Å². The zero-order valence-corrected chi connectivity index (χ0v) is 38.8. The second-order valence-corrected chi connectivity index (χ2v) is 17.5. The summed E-state index contributed by atoms with van der Waals surface area (Å²) in [4.78, 5) is 24.4. The number of aliphatic hydroxyl groups is 2. The minimum atomic E-state index is -0.675. The maximum atomic E-state index is 12.4. The molecule has 0 aromatic rings. The third-order valence-electron chi connectivity index (χ3n) is 11.7. The van der Waals surface area contributed by atoms with Gasteiger partial charge in [0.15, 0.2) is 0 Å². The van der Waals surface area contributed by atoms with Gasteiger partial charge in [0.05, 0.1) is 25.4 Å². The fraction of sp³-hybridized carbons (Fsp3) is 0.885. The molecule has 0 saturated heterocycles. The maximum absolute atomic E-state index is 12.4. The second-order valence-electron chi connectivity index (χ2n) is 17.5. The summed E-state index contributed by atoms with van der Waals surface area (Å²) in [7, 11) is 0. The van der Waals surface area contributed by atoms with Crippen LogP contribution in [-0.2, 0) is 14.3 Å². The number of esters is 1. The average molecular weight is 818 g/mol. The minimum Gasteiger partial charge on any atom is -0.466 e. The average Bonchev–Trinajstić information content (AvgIpc) is 3.22. The van der Waals surface area contributed by atoms with E-state index in [1.807, 2.05) is 0 Å². The van der Waals surface area contributed by atoms with Crippen LogP contribution in [0.1, 0.15) is 271 Å². The standard InChI is InChI=1S/C52H99NO5/c1-3-5-7-9-11-13-15-17-18-19-21-24-28-32-36-40-44-50(55)49(48-54)53-51(56)45-41-37-33-29-25-22-23-27-31-35-39-43-47-58-52(57)46-42-38-34-30-26-20-16-14-12-10-8-6-4-2/h8,10,14,16,49-50,54-55H,3-7,9,11-13,15,17-48H2,1-2H3,(H,53,56)/b10-8-,16-14-. The van der Waals surface area contributed by atoms with Crippen molar-refractivity contribution in [1.29, 1.82) is 0 Å². The van der Waals surface area contributed by atoms with Gasteiger partial charge in [-0.15, -0.1) is 0 Å². The molecule has 0 aromatic heterocycles. The first kappa shape index (κ1) is 56.3. The Morgan fingerprint density at radius 2 is 0.897 bits per heavy atom. The molecule has 6 heteroatoms. The first-order valence-corrected chi connectivity index (χ1v) is 25.6. The van der Waals surface area contributed by atoms with Crippen LogP contribution in [0.5, 0.6) is 0 Å². The largest absolute Gasteiger partial charge is 0.466 e. The third kappa shape index (κ3) is 43.9. The molecule has 0 aromatic carbocycles. The SMILES string of the molecule is CCC/C=C\C/C=C\CCCCCCCC(=O)OCCCCCCCCCCCCCCC(=O)NC(CO)C(O)CCCCCCCCCCCCCCCCCC. The molecule has 0 spiro atoms. The molecular weight excluding hydrogens is 719 g/mol. The number of hydrogen-bond donors (Lipinski definition) is 3. The second kappa shape index (κ2) is 48.0. The summed E-state index contributed by atoms with van der Waals surface area (Å²) >= 11 is 0. The van der Waals surface area contributed by atoms with E-state index in [2.05, 4.69) is 43.5 Å². The van der Waals surface area contributed by atoms with Crippen molar-refractivity contribution in [3.05, 3.63) is 24.3 Å². The molecule has 342 valence electrons. The Morgan fingerprint density at radius 3 is 1.38 bits per heavy atom. The number of carbonyl (C=O) groups excluding carboxylic acids is 2. The highest BCUT2D eigenvalue weighted by Gasteiger charge is 2.20. The lowest BCUT2D eigenvalue weighted by molar-refractivity contribution is -0.143. The van der Waals surface area contributed by atoms with E-state index in [-0.39, 0.29) is 18.5 Å². The lowest BCUT2D eigenvalue weighted by atomic mass is 10.0. The van der Waals surface area contributed by atoms with Gasteiger partial charge in [-0.05, 0) is 51.4 Å². The number of allylic oxidation sites excluding steroid dienone is 4. The van der Waals surface area contributed by atoms with Crippen LogP contribution in [0.25, 0.3) is 0 Å². The van der Waals surface area contributed by atoms with Crippen molar-refractivity contribution >= 4 is 11.9 Å². The van der Waals surface area contributed by atoms with Gasteiger partial charge in [-0.3, -0.25) is 9.59 Å². The molecule has 0 radical (unpaired) electrons. The Morgan fingerprint density at radius 1 is 0.483 bits per heavy atom. The van der Waals surface area contributed by atoms with Crippen molar-refractivity contribution < 1.29 is 24.5 Å². The third-order valence-corrected chi connectivity index (χ3v) is 11.7. The molecule has 0 fully saturated rings. The predicted octanol–water partition coefficient (Wildman–Crippen LogP) is 15.1. The number of amides is 1. The smallest absolute Gasteiger partial charge is 0.305 e. The Hall–Kier alpha value is -1.66. The fourth-order valence-corrected chi connectivity index (χ4v) is 7.79. The summed E-state index contributed by atoms with van der Waals surface area (Å²) in [5.74, 6) is -0.0752. The van der Waals surface area contributed by atoms with Crippen molar-refractivity contribution in [2.75, 3.05) is 13.2 Å². The van der Waals surface area contributed by atoms with E-state index in [4.69, 9.17) is 4.74 Å². The van der Waals surface area contributed by atoms with Gasteiger partial charge in [0.2, 0.25) is 5.91 Å². The number of carbonyl (C=O) groups is 2. The Balaban J connectivity index is 3.48. The minimum absolute atomic E-state index is 0.0245. The van der Waals surface area contributed by atoms with Gasteiger partial charge in [-0.25, -0.2) is 0 Å². The Labute approximate surface area is 361 Å². The first-order valence-electron chi connectivity index (χ1n) is 25.6. The van der Waals surface area contributed by atoms with E-state index in [9.17, 15) is 19.8 Å². The number of ether oxygens (including phenoxy) is 1. The molecule has 0 heterocycles. The molecule has 1 amide bonds. The number of unbranched alkanes of at least 4 members (excludes halogenated alkanes) is 32. The van der Waals surface area contributed by atoms with E-state index in [0.29, 0.717) is 25.9 Å². The van der Waals surface area contributed by atoms with Crippen LogP contribution in [0.15, 0.2) is 24.3 Å². The van der Waals surface area contributed by atoms with Crippen molar-refractivity contribution in [3.63, 3.8) is 0 Å². The summed E-state index contributed by atoms with van der Waals surface area (Å²) in [6.45, 7) is 4.85. The van der Waals surface area contributed by atoms with E-state index in [1.165, 1.54) is 167 Å². The van der Waals surface area contributed by atoms with Crippen LogP contribution in [0.2, 0.25) is 0 Å². The summed E-state index contributed by atoms with van der Waals surface area (Å²) in [6, 6.07) is -0.553. The molecular formula is C52H99NO5. The highest BCUT2D eigenvalue weighted by atomic mass is 16.5. The molecule has 2 unspecified atom stereocenters. The lowest BCUT2D eigenvalue weighted by Gasteiger charge is -2.22. The highest BCUT2D eigenvalue weighted by Crippen LogP contribution is 2.16. The van der Waals surface area contributed by atoms with Crippen LogP contribution < -0.4 is 5.32 Å². The normalized spacial score (nSPS) is 12.8. The first-order chi connectivity index (χ1) is 28.5. The van der Waals surface area contributed by atoms with E-state index in [0.717, 1.165) is 70.6 Å². The maximum Gasteiger partial charge on any atom is 0.305 e. The monoisotopic (exact) mass is 818 g/mol. The van der Waals surface area contributed by atoms with Gasteiger partial charge in [0.25, 0.3) is 0 Å². The molecule has 0 aliphatic carbocycles. The molecule has 2 atom stereocenters. The van der Waals surface area contributed by atoms with Crippen LogP contribution in [0.3, 0.4) is 0 Å². The van der Waals surface area contributed by atoms with Crippen LogP contribution in [0, 0.1) is 0 Å². The highest BCUT2D eigenvalue weighted by molar-refractivity contribution is 5.76. The van der Waals surface area contributed by atoms with Crippen molar-refractivity contribution in [2.24, 2.45) is 0 Å². The Kier molecular flexibility index (Phi) is 46.6. The molecule has 0 bridgehead atoms. The number of aliphatic hydroxyl groups excluding tert-OH is 2. The van der Waals surface area contributed by atoms with E-state index < -0.39 is 12.1 Å². The quantitative estimate of drug-likeness (QED) is 0.0323. The zero-order valence-electron chi connectivity index (χ0n) is 38.8. The van der Waals surface area contributed by atoms with Gasteiger partial charge >= 0.3 is 5.97 Å². The van der Waals surface area contributed by atoms with Crippen molar-refractivity contribution in [2.45, 2.75) is 283 Å². The number of hydrogen-bond acceptors (Lipinski definition) is 5. The molecule has 58 heavy (non-hydrogen) atoms. The number of rotatable bonds is 47. The Bertz CT molecular complexity index is 904. The molecule has 0 aliphatic rings. The van der Waals surface area contributed by atoms with Gasteiger partial charge in [0.1, 0.15) is 0 Å². The summed E-state index contributed by atoms with van der Waals surface area (Å²) in [5.41, 5.74) is 0. The van der Waals surface area contributed by atoms with E-state index in [1.54, 1.807) is 0 Å². The molecule has 3 N–H and O–H groups in total. The zero-order chi connectivity index (χ0) is 42.3. The van der Waals surface area contributed by atoms with Gasteiger partial charge in [-0.2, -0.15) is 0 Å². The summed E-state index contributed by atoms with van der Waals surface area (Å²) in [6.07, 6.45) is 55.7. The van der Waals surface area contributed by atoms with Crippen LogP contribution in [-0.4, -0.2) is 47.4 Å². The molecule has 6 nitrogen and oxygen atoms in total. The summed E-state index contributed by atoms with van der Waals surface area (Å²) in [5, 5.41) is 23.2. The number of nitrogens with one attached hydrogen (secondary N) is 1.